The number of ether oxygens (including phenoxy) is 2. The molecule has 2 rings (SSSR count). The molecule has 0 aromatic heterocycles. The number of anilines is 1. The first-order chi connectivity index (χ1) is 13.7. The predicted molar refractivity (Wildman–Crippen MR) is 109 cm³/mol. The summed E-state index contributed by atoms with van der Waals surface area (Å²) in [6.07, 6.45) is 0. The number of hydrogen-bond acceptors (Lipinski definition) is 5. The van der Waals surface area contributed by atoms with Gasteiger partial charge in [0.15, 0.2) is 0 Å². The van der Waals surface area contributed by atoms with Crippen molar-refractivity contribution in [2.24, 2.45) is 0 Å². The molecule has 0 fully saturated rings. The lowest BCUT2D eigenvalue weighted by molar-refractivity contribution is -0.136. The first kappa shape index (κ1) is 21.7. The van der Waals surface area contributed by atoms with E-state index in [1.165, 1.54) is 20.3 Å². The Morgan fingerprint density at radius 3 is 2.03 bits per heavy atom. The normalized spacial score (nSPS) is 10.7. The third-order valence-corrected chi connectivity index (χ3v) is 4.16. The van der Waals surface area contributed by atoms with Crippen LogP contribution in [0.3, 0.4) is 0 Å². The van der Waals surface area contributed by atoms with Gasteiger partial charge in [0.05, 0.1) is 19.9 Å². The van der Waals surface area contributed by atoms with Crippen molar-refractivity contribution in [1.29, 1.82) is 0 Å². The van der Waals surface area contributed by atoms with Gasteiger partial charge < -0.3 is 14.8 Å². The molecular weight excluding hydrogens is 374 g/mol. The van der Waals surface area contributed by atoms with Gasteiger partial charge in [-0.1, -0.05) is 32.9 Å². The molecule has 8 nitrogen and oxygen atoms in total. The van der Waals surface area contributed by atoms with Gasteiger partial charge >= 0.3 is 11.8 Å². The monoisotopic (exact) mass is 399 g/mol. The number of rotatable bonds is 4. The van der Waals surface area contributed by atoms with E-state index in [9.17, 15) is 14.4 Å². The van der Waals surface area contributed by atoms with Crippen LogP contribution in [0.15, 0.2) is 42.5 Å². The number of amides is 3. The minimum Gasteiger partial charge on any atom is -0.497 e. The second kappa shape index (κ2) is 9.09. The Hall–Kier alpha value is -3.55. The molecule has 0 saturated carbocycles. The summed E-state index contributed by atoms with van der Waals surface area (Å²) in [6, 6.07) is 11.8. The first-order valence-electron chi connectivity index (χ1n) is 8.90. The Kier molecular flexibility index (Phi) is 6.82. The van der Waals surface area contributed by atoms with E-state index >= 15 is 0 Å². The number of hydrogen-bond donors (Lipinski definition) is 3. The molecule has 2 aromatic rings. The highest BCUT2D eigenvalue weighted by atomic mass is 16.5. The fraction of sp³-hybridized carbons (Fsp3) is 0.286. The van der Waals surface area contributed by atoms with Crippen molar-refractivity contribution >= 4 is 23.4 Å². The van der Waals surface area contributed by atoms with Gasteiger partial charge in [-0.25, -0.2) is 0 Å². The lowest BCUT2D eigenvalue weighted by Crippen LogP contribution is -2.46. The lowest BCUT2D eigenvalue weighted by atomic mass is 9.87. The third kappa shape index (κ3) is 5.71. The second-order valence-electron chi connectivity index (χ2n) is 7.26. The van der Waals surface area contributed by atoms with E-state index in [0.29, 0.717) is 17.1 Å². The van der Waals surface area contributed by atoms with E-state index in [0.717, 1.165) is 5.56 Å². The maximum atomic E-state index is 12.2. The largest absolute Gasteiger partial charge is 0.497 e. The molecule has 3 amide bonds. The minimum absolute atomic E-state index is 0.0392. The van der Waals surface area contributed by atoms with Crippen molar-refractivity contribution < 1.29 is 23.9 Å². The van der Waals surface area contributed by atoms with Gasteiger partial charge in [-0.3, -0.25) is 25.2 Å². The first-order valence-corrected chi connectivity index (χ1v) is 8.90. The molecule has 0 aliphatic rings. The second-order valence-corrected chi connectivity index (χ2v) is 7.26. The van der Waals surface area contributed by atoms with E-state index in [1.54, 1.807) is 24.3 Å². The average molecular weight is 399 g/mol. The highest BCUT2D eigenvalue weighted by Crippen LogP contribution is 2.28. The van der Waals surface area contributed by atoms with E-state index in [1.807, 2.05) is 12.1 Å². The molecule has 0 heterocycles. The van der Waals surface area contributed by atoms with Gasteiger partial charge in [-0.2, -0.15) is 0 Å². The molecule has 0 aliphatic carbocycles. The van der Waals surface area contributed by atoms with Gasteiger partial charge in [0, 0.05) is 11.6 Å². The van der Waals surface area contributed by atoms with E-state index < -0.39 is 17.7 Å². The Morgan fingerprint density at radius 1 is 0.828 bits per heavy atom. The van der Waals surface area contributed by atoms with Crippen LogP contribution >= 0.6 is 0 Å². The number of methoxy groups -OCH3 is 2. The van der Waals surface area contributed by atoms with Crippen LogP contribution in [0.25, 0.3) is 0 Å². The lowest BCUT2D eigenvalue weighted by Gasteiger charge is -2.19. The summed E-state index contributed by atoms with van der Waals surface area (Å²) in [6.45, 7) is 6.20. The molecule has 154 valence electrons. The van der Waals surface area contributed by atoms with Gasteiger partial charge in [0.2, 0.25) is 0 Å². The molecule has 3 N–H and O–H groups in total. The molecule has 29 heavy (non-hydrogen) atoms. The highest BCUT2D eigenvalue weighted by molar-refractivity contribution is 6.39. The summed E-state index contributed by atoms with van der Waals surface area (Å²) in [5, 5.41) is 2.42. The minimum atomic E-state index is -1.03. The molecule has 0 unspecified atom stereocenters. The Labute approximate surface area is 169 Å². The Bertz CT molecular complexity index is 902. The van der Waals surface area contributed by atoms with Crippen LogP contribution in [0.5, 0.6) is 11.5 Å². The Morgan fingerprint density at radius 2 is 1.48 bits per heavy atom. The van der Waals surface area contributed by atoms with Crippen LogP contribution < -0.4 is 25.6 Å². The molecule has 0 aliphatic heterocycles. The van der Waals surface area contributed by atoms with Crippen LogP contribution in [-0.4, -0.2) is 31.9 Å². The number of benzene rings is 2. The van der Waals surface area contributed by atoms with Crippen molar-refractivity contribution in [3.8, 4) is 11.5 Å². The molecule has 0 radical (unpaired) electrons. The molecule has 8 heteroatoms. The zero-order chi connectivity index (χ0) is 21.6. The summed E-state index contributed by atoms with van der Waals surface area (Å²) in [7, 11) is 2.91. The van der Waals surface area contributed by atoms with E-state index in [4.69, 9.17) is 9.47 Å². The summed E-state index contributed by atoms with van der Waals surface area (Å²) < 4.78 is 10.2. The summed E-state index contributed by atoms with van der Waals surface area (Å²) >= 11 is 0. The number of nitrogens with one attached hydrogen (secondary N) is 3. The average Bonchev–Trinajstić information content (AvgIpc) is 2.70. The SMILES string of the molecule is COc1ccc(OC)c(NC(=O)C(=O)NNC(=O)c2ccc(C(C)(C)C)cc2)c1. The predicted octanol–water partition coefficient (Wildman–Crippen LogP) is 2.40. The molecule has 0 saturated heterocycles. The van der Waals surface area contributed by atoms with Crippen LogP contribution in [0.1, 0.15) is 36.7 Å². The van der Waals surface area contributed by atoms with Crippen molar-refractivity contribution in [1.82, 2.24) is 10.9 Å². The molecular formula is C21H25N3O5. The van der Waals surface area contributed by atoms with E-state index in [2.05, 4.69) is 36.9 Å². The number of carbonyl (C=O) groups excluding carboxylic acids is 3. The molecule has 0 spiro atoms. The van der Waals surface area contributed by atoms with Gasteiger partial charge in [-0.05, 0) is 35.2 Å². The van der Waals surface area contributed by atoms with Crippen LogP contribution in [0.2, 0.25) is 0 Å². The summed E-state index contributed by atoms with van der Waals surface area (Å²) in [4.78, 5) is 36.3. The zero-order valence-electron chi connectivity index (χ0n) is 17.1. The highest BCUT2D eigenvalue weighted by Gasteiger charge is 2.18. The van der Waals surface area contributed by atoms with Gasteiger partial charge in [-0.15, -0.1) is 0 Å². The fourth-order valence-corrected chi connectivity index (χ4v) is 2.45. The summed E-state index contributed by atoms with van der Waals surface area (Å²) in [5.74, 6) is -1.71. The smallest absolute Gasteiger partial charge is 0.328 e. The maximum Gasteiger partial charge on any atom is 0.328 e. The van der Waals surface area contributed by atoms with Crippen molar-refractivity contribution in [2.75, 3.05) is 19.5 Å². The molecule has 2 aromatic carbocycles. The topological polar surface area (TPSA) is 106 Å². The summed E-state index contributed by atoms with van der Waals surface area (Å²) in [5.41, 5.74) is 5.96. The standard InChI is InChI=1S/C21H25N3O5/c1-21(2,3)14-8-6-13(7-9-14)18(25)23-24-20(27)19(26)22-16-12-15(28-4)10-11-17(16)29-5/h6-12H,1-5H3,(H,22,26)(H,23,25)(H,24,27). The number of carbonyl (C=O) groups is 3. The van der Waals surface area contributed by atoms with E-state index in [-0.39, 0.29) is 11.1 Å². The molecule has 0 bridgehead atoms. The van der Waals surface area contributed by atoms with Crippen molar-refractivity contribution in [3.63, 3.8) is 0 Å². The van der Waals surface area contributed by atoms with Gasteiger partial charge in [0.25, 0.3) is 5.91 Å². The van der Waals surface area contributed by atoms with Crippen LogP contribution in [-0.2, 0) is 15.0 Å². The number of hydrazine groups is 1. The fourth-order valence-electron chi connectivity index (χ4n) is 2.45. The van der Waals surface area contributed by atoms with Crippen LogP contribution in [0.4, 0.5) is 5.69 Å². The van der Waals surface area contributed by atoms with Crippen LogP contribution in [0, 0.1) is 0 Å². The van der Waals surface area contributed by atoms with Gasteiger partial charge in [0.1, 0.15) is 11.5 Å². The Balaban J connectivity index is 1.96. The maximum absolute atomic E-state index is 12.2. The van der Waals surface area contributed by atoms with Crippen molar-refractivity contribution in [2.45, 2.75) is 26.2 Å². The van der Waals surface area contributed by atoms with Crippen molar-refractivity contribution in [3.05, 3.63) is 53.6 Å². The zero-order valence-corrected chi connectivity index (χ0v) is 17.1. The quantitative estimate of drug-likeness (QED) is 0.541. The molecule has 0 atom stereocenters. The third-order valence-electron chi connectivity index (χ3n) is 4.16.